The van der Waals surface area contributed by atoms with Crippen LogP contribution in [0.1, 0.15) is 26.7 Å². The molecule has 1 nitrogen and oxygen atoms in total. The lowest BCUT2D eigenvalue weighted by atomic mass is 10.2. The van der Waals surface area contributed by atoms with Gasteiger partial charge in [0.1, 0.15) is 0 Å². The van der Waals surface area contributed by atoms with E-state index in [1.807, 2.05) is 4.81 Å². The van der Waals surface area contributed by atoms with Gasteiger partial charge in [0.15, 0.2) is 7.98 Å². The maximum atomic E-state index is 5.49. The third-order valence-corrected chi connectivity index (χ3v) is 1.21. The molecule has 0 unspecified atom stereocenters. The predicted octanol–water partition coefficient (Wildman–Crippen LogP) is 1.19. The lowest BCUT2D eigenvalue weighted by molar-refractivity contribution is 0.462. The summed E-state index contributed by atoms with van der Waals surface area (Å²) in [6.45, 7) is 6.23. The van der Waals surface area contributed by atoms with Gasteiger partial charge in [0.25, 0.3) is 0 Å². The summed E-state index contributed by atoms with van der Waals surface area (Å²) in [5.41, 5.74) is 0. The fourth-order valence-electron chi connectivity index (χ4n) is 0.519. The molecule has 0 amide bonds. The van der Waals surface area contributed by atoms with Gasteiger partial charge in [-0.25, -0.2) is 0 Å². The van der Waals surface area contributed by atoms with Crippen LogP contribution >= 0.6 is 0 Å². The minimum Gasteiger partial charge on any atom is -0.354 e. The fourth-order valence-corrected chi connectivity index (χ4v) is 0.519. The normalized spacial score (nSPS) is 10.4. The van der Waals surface area contributed by atoms with E-state index < -0.39 is 0 Å². The summed E-state index contributed by atoms with van der Waals surface area (Å²) < 4.78 is 0. The van der Waals surface area contributed by atoms with Crippen molar-refractivity contribution in [1.82, 2.24) is 4.81 Å². The van der Waals surface area contributed by atoms with Crippen molar-refractivity contribution in [2.24, 2.45) is 0 Å². The largest absolute Gasteiger partial charge is 0.354 e. The first-order chi connectivity index (χ1) is 3.81. The van der Waals surface area contributed by atoms with E-state index in [-0.39, 0.29) is 0 Å². The molecule has 0 heterocycles. The molecule has 8 heavy (non-hydrogen) atoms. The molecule has 46 valence electrons. The highest BCUT2D eigenvalue weighted by molar-refractivity contribution is 6.04. The molecule has 0 saturated heterocycles. The zero-order valence-corrected chi connectivity index (χ0v) is 5.85. The average Bonchev–Trinajstić information content (AvgIpc) is 1.83. The SMILES string of the molecule is [B]N(CC)CCCC. The molecule has 0 saturated carbocycles. The van der Waals surface area contributed by atoms with Crippen LogP contribution in [-0.2, 0) is 0 Å². The maximum Gasteiger partial charge on any atom is 0.182 e. The van der Waals surface area contributed by atoms with E-state index in [0.29, 0.717) is 0 Å². The fraction of sp³-hybridized carbons (Fsp3) is 1.00. The zero-order valence-electron chi connectivity index (χ0n) is 5.85. The molecule has 0 aliphatic rings. The van der Waals surface area contributed by atoms with Crippen LogP contribution in [0.15, 0.2) is 0 Å². The van der Waals surface area contributed by atoms with Crippen molar-refractivity contribution >= 4 is 7.98 Å². The topological polar surface area (TPSA) is 3.24 Å². The molecule has 0 N–H and O–H groups in total. The van der Waals surface area contributed by atoms with Gasteiger partial charge in [-0.3, -0.25) is 0 Å². The number of rotatable bonds is 4. The van der Waals surface area contributed by atoms with Crippen LogP contribution in [-0.4, -0.2) is 25.9 Å². The van der Waals surface area contributed by atoms with Crippen LogP contribution < -0.4 is 0 Å². The molecule has 2 heteroatoms. The van der Waals surface area contributed by atoms with E-state index in [1.165, 1.54) is 12.8 Å². The molecule has 0 bridgehead atoms. The Morgan fingerprint density at radius 1 is 1.38 bits per heavy atom. The second-order valence-electron chi connectivity index (χ2n) is 1.98. The first kappa shape index (κ1) is 8.02. The van der Waals surface area contributed by atoms with Crippen LogP contribution in [0.4, 0.5) is 0 Å². The molecule has 0 aliphatic carbocycles. The summed E-state index contributed by atoms with van der Waals surface area (Å²) in [6.07, 6.45) is 2.44. The molecule has 0 aliphatic heterocycles. The highest BCUT2D eigenvalue weighted by atomic mass is 15.0. The summed E-state index contributed by atoms with van der Waals surface area (Å²) in [7, 11) is 5.49. The Morgan fingerprint density at radius 2 is 2.00 bits per heavy atom. The van der Waals surface area contributed by atoms with Gasteiger partial charge in [0.05, 0.1) is 0 Å². The number of nitrogens with zero attached hydrogens (tertiary/aromatic N) is 1. The number of hydrogen-bond acceptors (Lipinski definition) is 1. The smallest absolute Gasteiger partial charge is 0.182 e. The molecule has 2 radical (unpaired) electrons. The molecule has 0 fully saturated rings. The second kappa shape index (κ2) is 5.17. The second-order valence-corrected chi connectivity index (χ2v) is 1.98. The lowest BCUT2D eigenvalue weighted by Gasteiger charge is -2.12. The van der Waals surface area contributed by atoms with Crippen molar-refractivity contribution in [2.75, 3.05) is 13.1 Å². The predicted molar refractivity (Wildman–Crippen MR) is 37.9 cm³/mol. The quantitative estimate of drug-likeness (QED) is 0.492. The van der Waals surface area contributed by atoms with Crippen molar-refractivity contribution in [1.29, 1.82) is 0 Å². The van der Waals surface area contributed by atoms with Crippen LogP contribution in [0, 0.1) is 0 Å². The molecule has 0 spiro atoms. The van der Waals surface area contributed by atoms with E-state index >= 15 is 0 Å². The van der Waals surface area contributed by atoms with E-state index in [1.54, 1.807) is 0 Å². The minimum atomic E-state index is 0.958. The highest BCUT2D eigenvalue weighted by Gasteiger charge is 1.89. The van der Waals surface area contributed by atoms with Crippen molar-refractivity contribution in [3.8, 4) is 0 Å². The Balaban J connectivity index is 2.86. The Morgan fingerprint density at radius 3 is 2.38 bits per heavy atom. The first-order valence-corrected chi connectivity index (χ1v) is 3.30. The van der Waals surface area contributed by atoms with Gasteiger partial charge >= 0.3 is 0 Å². The maximum absolute atomic E-state index is 5.49. The first-order valence-electron chi connectivity index (χ1n) is 3.30. The molecule has 0 atom stereocenters. The zero-order chi connectivity index (χ0) is 6.41. The summed E-state index contributed by atoms with van der Waals surface area (Å²) >= 11 is 0. The summed E-state index contributed by atoms with van der Waals surface area (Å²) in [6, 6.07) is 0. The summed E-state index contributed by atoms with van der Waals surface area (Å²) in [5.74, 6) is 0. The Hall–Kier alpha value is 0.0249. The van der Waals surface area contributed by atoms with Crippen LogP contribution in [0.3, 0.4) is 0 Å². The highest BCUT2D eigenvalue weighted by Crippen LogP contribution is 1.88. The van der Waals surface area contributed by atoms with Gasteiger partial charge in [0, 0.05) is 0 Å². The molecule has 0 aromatic carbocycles. The van der Waals surface area contributed by atoms with Gasteiger partial charge in [0.2, 0.25) is 0 Å². The Bertz CT molecular complexity index is 47.8. The minimum absolute atomic E-state index is 0.958. The van der Waals surface area contributed by atoms with Crippen LogP contribution in [0.25, 0.3) is 0 Å². The van der Waals surface area contributed by atoms with E-state index in [2.05, 4.69) is 13.8 Å². The molecular weight excluding hydrogens is 96.9 g/mol. The van der Waals surface area contributed by atoms with E-state index in [4.69, 9.17) is 7.98 Å². The van der Waals surface area contributed by atoms with Crippen LogP contribution in [0.2, 0.25) is 0 Å². The summed E-state index contributed by atoms with van der Waals surface area (Å²) in [5, 5.41) is 0. The van der Waals surface area contributed by atoms with Crippen molar-refractivity contribution in [2.45, 2.75) is 26.7 Å². The van der Waals surface area contributed by atoms with Crippen molar-refractivity contribution in [3.05, 3.63) is 0 Å². The van der Waals surface area contributed by atoms with Crippen molar-refractivity contribution in [3.63, 3.8) is 0 Å². The summed E-state index contributed by atoms with van der Waals surface area (Å²) in [4.78, 5) is 1.84. The third-order valence-electron chi connectivity index (χ3n) is 1.21. The molecule has 0 rings (SSSR count). The molecule has 0 aromatic heterocycles. The average molecular weight is 111 g/mol. The molecular formula is C6H14BN. The van der Waals surface area contributed by atoms with Gasteiger partial charge in [-0.2, -0.15) is 0 Å². The Labute approximate surface area is 53.5 Å². The van der Waals surface area contributed by atoms with Gasteiger partial charge in [-0.1, -0.05) is 20.3 Å². The van der Waals surface area contributed by atoms with E-state index in [0.717, 1.165) is 13.1 Å². The lowest BCUT2D eigenvalue weighted by Crippen LogP contribution is -2.20. The van der Waals surface area contributed by atoms with Gasteiger partial charge in [-0.15, -0.1) is 0 Å². The standard InChI is InChI=1S/C6H14BN/c1-3-5-6-8(7)4-2/h3-6H2,1-2H3. The number of unbranched alkanes of at least 4 members (excludes halogenated alkanes) is 1. The Kier molecular flexibility index (Phi) is 5.18. The monoisotopic (exact) mass is 111 g/mol. The van der Waals surface area contributed by atoms with Gasteiger partial charge in [-0.05, 0) is 19.5 Å². The third kappa shape index (κ3) is 4.19. The number of hydrogen-bond donors (Lipinski definition) is 0. The molecule has 0 aromatic rings. The van der Waals surface area contributed by atoms with Crippen LogP contribution in [0.5, 0.6) is 0 Å². The van der Waals surface area contributed by atoms with E-state index in [9.17, 15) is 0 Å². The van der Waals surface area contributed by atoms with Gasteiger partial charge < -0.3 is 4.81 Å². The van der Waals surface area contributed by atoms with Crippen molar-refractivity contribution < 1.29 is 0 Å².